The van der Waals surface area contributed by atoms with Crippen LogP contribution in [0, 0.1) is 5.92 Å². The molecule has 12 heavy (non-hydrogen) atoms. The van der Waals surface area contributed by atoms with Gasteiger partial charge in [-0.05, 0) is 13.0 Å². The van der Waals surface area contributed by atoms with Gasteiger partial charge in [0.15, 0.2) is 0 Å². The molecule has 0 bridgehead atoms. The van der Waals surface area contributed by atoms with E-state index >= 15 is 0 Å². The van der Waals surface area contributed by atoms with E-state index in [2.05, 4.69) is 34.8 Å². The molecule has 0 radical (unpaired) electrons. The van der Waals surface area contributed by atoms with E-state index in [1.165, 1.54) is 0 Å². The Morgan fingerprint density at radius 2 is 2.42 bits per heavy atom. The van der Waals surface area contributed by atoms with Gasteiger partial charge in [0.25, 0.3) is 0 Å². The van der Waals surface area contributed by atoms with Crippen molar-refractivity contribution in [3.05, 3.63) is 0 Å². The first-order valence-electron chi connectivity index (χ1n) is 4.13. The molecule has 0 aromatic rings. The van der Waals surface area contributed by atoms with Crippen molar-refractivity contribution in [1.82, 2.24) is 5.32 Å². The molecule has 1 aliphatic rings. The predicted molar refractivity (Wildman–Crippen MR) is 60.1 cm³/mol. The highest BCUT2D eigenvalue weighted by atomic mass is 127. The van der Waals surface area contributed by atoms with Gasteiger partial charge >= 0.3 is 0 Å². The number of hydrogen-bond acceptors (Lipinski definition) is 2. The molecule has 0 aromatic carbocycles. The van der Waals surface area contributed by atoms with Crippen molar-refractivity contribution < 1.29 is 4.74 Å². The second kappa shape index (κ2) is 4.44. The zero-order valence-corrected chi connectivity index (χ0v) is 10.4. The highest BCUT2D eigenvalue weighted by molar-refractivity contribution is 14.1. The van der Waals surface area contributed by atoms with Crippen molar-refractivity contribution in [1.29, 1.82) is 0 Å². The fraction of sp³-hybridized carbons (Fsp3) is 1.00. The maximum absolute atomic E-state index is 6.15. The average Bonchev–Trinajstić information content (AvgIpc) is 1.97. The van der Waals surface area contributed by atoms with E-state index in [4.69, 9.17) is 16.3 Å². The first-order valence-corrected chi connectivity index (χ1v) is 5.65. The van der Waals surface area contributed by atoms with Crippen molar-refractivity contribution in [2.45, 2.75) is 22.3 Å². The zero-order valence-electron chi connectivity index (χ0n) is 7.44. The molecule has 1 rings (SSSR count). The number of methoxy groups -OCH3 is 1. The van der Waals surface area contributed by atoms with Crippen LogP contribution in [-0.4, -0.2) is 29.2 Å². The van der Waals surface area contributed by atoms with Crippen molar-refractivity contribution in [2.75, 3.05) is 20.3 Å². The van der Waals surface area contributed by atoms with E-state index in [-0.39, 0.29) is 8.92 Å². The molecule has 0 aliphatic carbocycles. The number of halogens is 2. The minimum Gasteiger partial charge on any atom is -0.384 e. The van der Waals surface area contributed by atoms with E-state index in [1.807, 2.05) is 0 Å². The molecule has 1 heterocycles. The van der Waals surface area contributed by atoms with Crippen molar-refractivity contribution in [3.63, 3.8) is 0 Å². The number of piperidine rings is 1. The number of ether oxygens (including phenoxy) is 1. The molecule has 0 aromatic heterocycles. The van der Waals surface area contributed by atoms with Gasteiger partial charge in [0, 0.05) is 16.4 Å². The molecule has 1 N–H and O–H groups in total. The van der Waals surface area contributed by atoms with Crippen LogP contribution in [0.25, 0.3) is 0 Å². The third-order valence-electron chi connectivity index (χ3n) is 2.43. The predicted octanol–water partition coefficient (Wildman–Crippen LogP) is 2.00. The van der Waals surface area contributed by atoms with Crippen LogP contribution in [0.1, 0.15) is 13.3 Å². The summed E-state index contributed by atoms with van der Waals surface area (Å²) in [6, 6.07) is 0. The maximum Gasteiger partial charge on any atom is 0.0888 e. The molecular formula is C8H15ClINO. The number of alkyl halides is 2. The molecule has 1 saturated heterocycles. The van der Waals surface area contributed by atoms with Gasteiger partial charge < -0.3 is 10.1 Å². The van der Waals surface area contributed by atoms with Crippen molar-refractivity contribution in [3.8, 4) is 0 Å². The van der Waals surface area contributed by atoms with Crippen LogP contribution in [0.15, 0.2) is 0 Å². The van der Waals surface area contributed by atoms with Crippen LogP contribution in [0.5, 0.6) is 0 Å². The quantitative estimate of drug-likeness (QED) is 0.479. The lowest BCUT2D eigenvalue weighted by molar-refractivity contribution is 0.116. The number of hydrogen-bond donors (Lipinski definition) is 1. The van der Waals surface area contributed by atoms with Gasteiger partial charge in [0.1, 0.15) is 0 Å². The minimum atomic E-state index is 0.0561. The monoisotopic (exact) mass is 303 g/mol. The van der Waals surface area contributed by atoms with Crippen LogP contribution in [0.4, 0.5) is 0 Å². The Labute approximate surface area is 92.5 Å². The second-order valence-electron chi connectivity index (χ2n) is 3.45. The van der Waals surface area contributed by atoms with Crippen LogP contribution in [0.2, 0.25) is 0 Å². The first-order chi connectivity index (χ1) is 5.58. The summed E-state index contributed by atoms with van der Waals surface area (Å²) in [5, 5.41) is 3.25. The Kier molecular flexibility index (Phi) is 4.08. The van der Waals surface area contributed by atoms with Gasteiger partial charge in [-0.15, -0.1) is 11.6 Å². The van der Waals surface area contributed by atoms with Gasteiger partial charge in [-0.3, -0.25) is 0 Å². The van der Waals surface area contributed by atoms with Crippen LogP contribution >= 0.6 is 34.2 Å². The summed E-state index contributed by atoms with van der Waals surface area (Å²) in [7, 11) is 1.73. The molecule has 3 unspecified atom stereocenters. The highest BCUT2D eigenvalue weighted by Crippen LogP contribution is 2.37. The lowest BCUT2D eigenvalue weighted by Crippen LogP contribution is -2.51. The molecule has 72 valence electrons. The Balaban J connectivity index is 2.60. The normalized spacial score (nSPS) is 43.0. The van der Waals surface area contributed by atoms with E-state index < -0.39 is 0 Å². The van der Waals surface area contributed by atoms with Gasteiger partial charge in [0.2, 0.25) is 0 Å². The molecule has 0 amide bonds. The fourth-order valence-electron chi connectivity index (χ4n) is 1.53. The second-order valence-corrected chi connectivity index (χ2v) is 6.38. The summed E-state index contributed by atoms with van der Waals surface area (Å²) in [5.41, 5.74) is 0.0561. The van der Waals surface area contributed by atoms with Gasteiger partial charge in [-0.2, -0.15) is 0 Å². The molecule has 1 aliphatic heterocycles. The smallest absolute Gasteiger partial charge is 0.0888 e. The largest absolute Gasteiger partial charge is 0.384 e. The maximum atomic E-state index is 6.15. The van der Waals surface area contributed by atoms with Gasteiger partial charge in [-0.1, -0.05) is 29.5 Å². The lowest BCUT2D eigenvalue weighted by Gasteiger charge is -2.40. The molecule has 3 atom stereocenters. The molecular weight excluding hydrogens is 288 g/mol. The molecule has 4 heteroatoms. The first kappa shape index (κ1) is 11.0. The third-order valence-corrected chi connectivity index (χ3v) is 4.22. The molecule has 1 fully saturated rings. The average molecular weight is 304 g/mol. The van der Waals surface area contributed by atoms with E-state index in [1.54, 1.807) is 7.11 Å². The molecule has 0 saturated carbocycles. The van der Waals surface area contributed by atoms with Crippen LogP contribution < -0.4 is 5.32 Å². The lowest BCUT2D eigenvalue weighted by atomic mass is 9.88. The van der Waals surface area contributed by atoms with E-state index in [9.17, 15) is 0 Å². The summed E-state index contributed by atoms with van der Waals surface area (Å²) in [6.07, 6.45) is 1.16. The van der Waals surface area contributed by atoms with Crippen LogP contribution in [0.3, 0.4) is 0 Å². The number of rotatable bonds is 2. The summed E-state index contributed by atoms with van der Waals surface area (Å²) in [4.78, 5) is 0. The Morgan fingerprint density at radius 1 is 1.75 bits per heavy atom. The highest BCUT2D eigenvalue weighted by Gasteiger charge is 2.39. The Bertz CT molecular complexity index is 154. The SMILES string of the molecule is COCC1C(Cl)NCCC1(C)I. The Morgan fingerprint density at radius 3 is 2.92 bits per heavy atom. The standard InChI is InChI=1S/C8H15ClINO/c1-8(10)3-4-11-7(9)6(8)5-12-2/h6-7,11H,3-5H2,1-2H3. The summed E-state index contributed by atoms with van der Waals surface area (Å²) in [6.45, 7) is 3.99. The van der Waals surface area contributed by atoms with Crippen LogP contribution in [-0.2, 0) is 4.74 Å². The van der Waals surface area contributed by atoms with E-state index in [0.29, 0.717) is 5.92 Å². The van der Waals surface area contributed by atoms with Gasteiger partial charge in [0.05, 0.1) is 12.1 Å². The number of nitrogens with one attached hydrogen (secondary N) is 1. The minimum absolute atomic E-state index is 0.0561. The van der Waals surface area contributed by atoms with E-state index in [0.717, 1.165) is 19.6 Å². The summed E-state index contributed by atoms with van der Waals surface area (Å²) >= 11 is 8.64. The van der Waals surface area contributed by atoms with Crippen molar-refractivity contribution in [2.24, 2.45) is 5.92 Å². The molecule has 0 spiro atoms. The molecule has 2 nitrogen and oxygen atoms in total. The summed E-state index contributed by atoms with van der Waals surface area (Å²) < 4.78 is 5.43. The van der Waals surface area contributed by atoms with Crippen molar-refractivity contribution >= 4 is 34.2 Å². The zero-order chi connectivity index (χ0) is 9.19. The fourth-order valence-corrected chi connectivity index (χ4v) is 3.01. The summed E-state index contributed by atoms with van der Waals surface area (Å²) in [5.74, 6) is 0.401. The third kappa shape index (κ3) is 2.47. The van der Waals surface area contributed by atoms with Gasteiger partial charge in [-0.25, -0.2) is 0 Å². The Hall–Kier alpha value is 0.940. The topological polar surface area (TPSA) is 21.3 Å².